The second-order valence-electron chi connectivity index (χ2n) is 11.0. The van der Waals surface area contributed by atoms with Gasteiger partial charge < -0.3 is 28.4 Å². The highest BCUT2D eigenvalue weighted by Crippen LogP contribution is 2.32. The summed E-state index contributed by atoms with van der Waals surface area (Å²) in [5.74, 6) is -2.96. The zero-order valence-corrected chi connectivity index (χ0v) is 26.6. The van der Waals surface area contributed by atoms with Crippen LogP contribution in [-0.4, -0.2) is 67.8 Å². The van der Waals surface area contributed by atoms with Crippen LogP contribution in [0.2, 0.25) is 0 Å². The van der Waals surface area contributed by atoms with Gasteiger partial charge in [-0.15, -0.1) is 6.58 Å². The fourth-order valence-corrected chi connectivity index (χ4v) is 5.09. The number of carbonyl (C=O) groups excluding carboxylic acids is 4. The van der Waals surface area contributed by atoms with E-state index in [0.717, 1.165) is 0 Å². The molecule has 0 unspecified atom stereocenters. The van der Waals surface area contributed by atoms with Gasteiger partial charge in [0.25, 0.3) is 0 Å². The van der Waals surface area contributed by atoms with E-state index >= 15 is 0 Å². The first kappa shape index (κ1) is 34.7. The van der Waals surface area contributed by atoms with Crippen molar-refractivity contribution in [3.8, 4) is 0 Å². The van der Waals surface area contributed by atoms with Crippen LogP contribution < -0.4 is 0 Å². The quantitative estimate of drug-likeness (QED) is 0.0664. The van der Waals surface area contributed by atoms with E-state index in [-0.39, 0.29) is 28.9 Å². The monoisotopic (exact) mass is 664 g/mol. The lowest BCUT2D eigenvalue weighted by Crippen LogP contribution is -2.63. The molecule has 5 rings (SSSR count). The summed E-state index contributed by atoms with van der Waals surface area (Å²) in [5.41, 5.74) is 0.912. The zero-order chi connectivity index (χ0) is 34.4. The molecule has 10 heteroatoms. The fraction of sp³-hybridized carbons (Fsp3) is 0.231. The molecule has 1 aliphatic heterocycles. The van der Waals surface area contributed by atoms with Crippen LogP contribution >= 0.6 is 0 Å². The molecule has 0 spiro atoms. The summed E-state index contributed by atoms with van der Waals surface area (Å²) >= 11 is 0. The molecule has 0 amide bonds. The van der Waals surface area contributed by atoms with Gasteiger partial charge in [-0.25, -0.2) is 19.2 Å². The predicted octanol–water partition coefficient (Wildman–Crippen LogP) is 6.23. The second kappa shape index (κ2) is 17.5. The van der Waals surface area contributed by atoms with Crippen LogP contribution in [-0.2, 0) is 28.4 Å². The van der Waals surface area contributed by atoms with E-state index in [1.54, 1.807) is 127 Å². The van der Waals surface area contributed by atoms with Crippen molar-refractivity contribution in [1.82, 2.24) is 0 Å². The third kappa shape index (κ3) is 9.50. The minimum Gasteiger partial charge on any atom is -0.459 e. The van der Waals surface area contributed by atoms with E-state index in [9.17, 15) is 19.2 Å². The Balaban J connectivity index is 1.53. The Labute approximate surface area is 284 Å². The molecule has 0 aromatic heterocycles. The number of ether oxygens (including phenoxy) is 6. The molecular weight excluding hydrogens is 628 g/mol. The van der Waals surface area contributed by atoms with Gasteiger partial charge in [-0.05, 0) is 61.4 Å². The predicted molar refractivity (Wildman–Crippen MR) is 178 cm³/mol. The van der Waals surface area contributed by atoms with E-state index in [4.69, 9.17) is 28.4 Å². The molecule has 10 nitrogen and oxygen atoms in total. The van der Waals surface area contributed by atoms with Crippen LogP contribution in [0.4, 0.5) is 0 Å². The maximum atomic E-state index is 13.6. The first-order chi connectivity index (χ1) is 23.9. The number of esters is 4. The molecular formula is C39H36O10. The Hall–Kier alpha value is -5.58. The van der Waals surface area contributed by atoms with Crippen LogP contribution in [0.15, 0.2) is 134 Å². The highest BCUT2D eigenvalue weighted by Gasteiger charge is 2.53. The Morgan fingerprint density at radius 3 is 1.43 bits per heavy atom. The molecule has 1 saturated heterocycles. The summed E-state index contributed by atoms with van der Waals surface area (Å²) in [5, 5.41) is 0. The van der Waals surface area contributed by atoms with Gasteiger partial charge in [-0.2, -0.15) is 0 Å². The minimum atomic E-state index is -1.47. The molecule has 49 heavy (non-hydrogen) atoms. The van der Waals surface area contributed by atoms with E-state index in [2.05, 4.69) is 6.58 Å². The molecule has 252 valence electrons. The maximum absolute atomic E-state index is 13.6. The smallest absolute Gasteiger partial charge is 0.338 e. The minimum absolute atomic E-state index is 0.153. The average Bonchev–Trinajstić information content (AvgIpc) is 3.15. The van der Waals surface area contributed by atoms with Crippen molar-refractivity contribution in [2.75, 3.05) is 13.2 Å². The van der Waals surface area contributed by atoms with Crippen LogP contribution in [0.3, 0.4) is 0 Å². The van der Waals surface area contributed by atoms with Gasteiger partial charge >= 0.3 is 23.9 Å². The van der Waals surface area contributed by atoms with Crippen molar-refractivity contribution in [1.29, 1.82) is 0 Å². The topological polar surface area (TPSA) is 124 Å². The Morgan fingerprint density at radius 2 is 0.980 bits per heavy atom. The van der Waals surface area contributed by atoms with Crippen LogP contribution in [0.5, 0.6) is 0 Å². The zero-order valence-electron chi connectivity index (χ0n) is 26.6. The van der Waals surface area contributed by atoms with Crippen molar-refractivity contribution in [2.24, 2.45) is 0 Å². The largest absolute Gasteiger partial charge is 0.459 e. The maximum Gasteiger partial charge on any atom is 0.338 e. The third-order valence-corrected chi connectivity index (χ3v) is 7.57. The van der Waals surface area contributed by atoms with Gasteiger partial charge in [0.05, 0.1) is 28.9 Å². The van der Waals surface area contributed by atoms with Crippen molar-refractivity contribution >= 4 is 23.9 Å². The molecule has 0 bridgehead atoms. The summed E-state index contributed by atoms with van der Waals surface area (Å²) in [4.78, 5) is 53.6. The average molecular weight is 665 g/mol. The molecule has 0 saturated carbocycles. The van der Waals surface area contributed by atoms with Gasteiger partial charge in [-0.1, -0.05) is 78.9 Å². The molecule has 5 atom stereocenters. The lowest BCUT2D eigenvalue weighted by molar-refractivity contribution is -0.298. The van der Waals surface area contributed by atoms with Gasteiger partial charge in [-0.3, -0.25) is 0 Å². The third-order valence-electron chi connectivity index (χ3n) is 7.57. The van der Waals surface area contributed by atoms with Crippen molar-refractivity contribution in [3.63, 3.8) is 0 Å². The van der Waals surface area contributed by atoms with Crippen molar-refractivity contribution < 1.29 is 47.6 Å². The van der Waals surface area contributed by atoms with Gasteiger partial charge in [0, 0.05) is 0 Å². The molecule has 4 aromatic rings. The van der Waals surface area contributed by atoms with Crippen molar-refractivity contribution in [2.45, 2.75) is 43.5 Å². The number of rotatable bonds is 14. The summed E-state index contributed by atoms with van der Waals surface area (Å²) in [6, 6.07) is 32.9. The van der Waals surface area contributed by atoms with Crippen LogP contribution in [0.25, 0.3) is 0 Å². The summed E-state index contributed by atoms with van der Waals surface area (Å²) in [6.07, 6.45) is -3.94. The number of allylic oxidation sites excluding steroid dienone is 1. The van der Waals surface area contributed by atoms with Crippen LogP contribution in [0, 0.1) is 0 Å². The Kier molecular flexibility index (Phi) is 12.4. The highest BCUT2D eigenvalue weighted by atomic mass is 16.7. The second-order valence-corrected chi connectivity index (χ2v) is 11.0. The van der Waals surface area contributed by atoms with E-state index in [0.29, 0.717) is 12.8 Å². The number of carbonyl (C=O) groups is 4. The first-order valence-corrected chi connectivity index (χ1v) is 15.8. The number of benzene rings is 4. The van der Waals surface area contributed by atoms with E-state index in [1.165, 1.54) is 0 Å². The normalized spacial score (nSPS) is 20.0. The highest BCUT2D eigenvalue weighted by molar-refractivity contribution is 5.91. The molecule has 0 radical (unpaired) electrons. The first-order valence-electron chi connectivity index (χ1n) is 15.8. The summed E-state index contributed by atoms with van der Waals surface area (Å²) in [7, 11) is 0. The Bertz CT molecular complexity index is 1680. The summed E-state index contributed by atoms with van der Waals surface area (Å²) in [6.45, 7) is 3.46. The lowest BCUT2D eigenvalue weighted by Gasteiger charge is -2.44. The number of hydrogen-bond acceptors (Lipinski definition) is 10. The molecule has 0 N–H and O–H groups in total. The number of unbranched alkanes of at least 4 members (excludes halogenated alkanes) is 1. The van der Waals surface area contributed by atoms with E-state index in [1.807, 2.05) is 0 Å². The van der Waals surface area contributed by atoms with Crippen LogP contribution in [0.1, 0.15) is 54.3 Å². The van der Waals surface area contributed by atoms with E-state index < -0.39 is 61.2 Å². The lowest BCUT2D eigenvalue weighted by atomic mass is 9.97. The molecule has 4 aromatic carbocycles. The van der Waals surface area contributed by atoms with Gasteiger partial charge in [0.15, 0.2) is 24.6 Å². The van der Waals surface area contributed by atoms with Gasteiger partial charge in [0.1, 0.15) is 12.7 Å². The molecule has 0 aliphatic carbocycles. The SMILES string of the molecule is C=CCCCO[C@@H]1O[C@H](COC(=O)c2ccccc2)[C@@H](OC(=O)c2ccccc2)[C@H](OC(=O)c2ccccc2)[C@H]1OC(=O)c1ccccc1. The summed E-state index contributed by atoms with van der Waals surface area (Å²) < 4.78 is 36.0. The molecule has 1 heterocycles. The Morgan fingerprint density at radius 1 is 0.571 bits per heavy atom. The molecule has 1 aliphatic rings. The van der Waals surface area contributed by atoms with Crippen molar-refractivity contribution in [3.05, 3.63) is 156 Å². The standard InChI is InChI=1S/C39H36O10/c1-2-3-16-25-44-39-34(49-38(43)30-23-14-7-15-24-30)33(48-37(42)29-21-12-6-13-22-29)32(47-36(41)28-19-10-5-11-20-28)31(46-39)26-45-35(40)27-17-8-4-9-18-27/h2,4-15,17-24,31-34,39H,1,3,16,25-26H2/t31-,32-,33+,34-,39-/m1/s1. The fourth-order valence-electron chi connectivity index (χ4n) is 5.09. The number of hydrogen-bond donors (Lipinski definition) is 0. The van der Waals surface area contributed by atoms with Gasteiger partial charge in [0.2, 0.25) is 0 Å². The molecule has 1 fully saturated rings.